The first-order valence-corrected chi connectivity index (χ1v) is 6.71. The van der Waals surface area contributed by atoms with Crippen LogP contribution in [0.2, 0.25) is 0 Å². The number of nitrogens with zero attached hydrogens (tertiary/aromatic N) is 3. The number of likely N-dealkylation sites (N-methyl/N-ethyl adjacent to an activating group) is 1. The molecule has 6 heteroatoms. The summed E-state index contributed by atoms with van der Waals surface area (Å²) in [5, 5.41) is 3.18. The number of hydrogen-bond donors (Lipinski definition) is 1. The number of anilines is 2. The molecule has 1 N–H and O–H groups in total. The molecule has 106 valence electrons. The first-order chi connectivity index (χ1) is 9.26. The Morgan fingerprint density at radius 2 is 2.37 bits per heavy atom. The smallest absolute Gasteiger partial charge is 0.204 e. The van der Waals surface area contributed by atoms with E-state index in [1.54, 1.807) is 13.4 Å². The third kappa shape index (κ3) is 3.26. The Balaban J connectivity index is 2.14. The molecule has 0 saturated carbocycles. The van der Waals surface area contributed by atoms with Crippen molar-refractivity contribution in [1.82, 2.24) is 9.97 Å². The lowest BCUT2D eigenvalue weighted by molar-refractivity contribution is 0.116. The van der Waals surface area contributed by atoms with Crippen LogP contribution in [0.1, 0.15) is 19.8 Å². The minimum Gasteiger partial charge on any atom is -0.490 e. The van der Waals surface area contributed by atoms with Crippen molar-refractivity contribution < 1.29 is 9.47 Å². The summed E-state index contributed by atoms with van der Waals surface area (Å²) in [7, 11) is 3.64. The Morgan fingerprint density at radius 1 is 1.53 bits per heavy atom. The highest BCUT2D eigenvalue weighted by Crippen LogP contribution is 2.31. The molecule has 1 atom stereocenters. The summed E-state index contributed by atoms with van der Waals surface area (Å²) in [6.07, 6.45) is 4.09. The molecule has 0 radical (unpaired) electrons. The van der Waals surface area contributed by atoms with Gasteiger partial charge in [-0.25, -0.2) is 9.97 Å². The number of hydrogen-bond acceptors (Lipinski definition) is 6. The number of aromatic nitrogens is 2. The summed E-state index contributed by atoms with van der Waals surface area (Å²) in [4.78, 5) is 10.6. The molecular formula is C13H22N4O2. The molecule has 1 unspecified atom stereocenters. The standard InChI is InChI=1S/C13H22N4O2/c1-4-14-12-11(18-3)13(16-9-15-12)17(2)8-10-6-5-7-19-10/h9-10H,4-8H2,1-3H3,(H,14,15,16). The van der Waals surface area contributed by atoms with E-state index in [1.165, 1.54) is 0 Å². The quantitative estimate of drug-likeness (QED) is 0.842. The van der Waals surface area contributed by atoms with Gasteiger partial charge in [0.1, 0.15) is 6.33 Å². The van der Waals surface area contributed by atoms with E-state index in [0.29, 0.717) is 5.75 Å². The van der Waals surface area contributed by atoms with Crippen LogP contribution in [0.3, 0.4) is 0 Å². The second-order valence-electron chi connectivity index (χ2n) is 4.63. The average molecular weight is 266 g/mol. The fraction of sp³-hybridized carbons (Fsp3) is 0.692. The molecule has 1 aliphatic heterocycles. The number of rotatable bonds is 6. The first-order valence-electron chi connectivity index (χ1n) is 6.71. The van der Waals surface area contributed by atoms with Gasteiger partial charge in [-0.2, -0.15) is 0 Å². The molecular weight excluding hydrogens is 244 g/mol. The SMILES string of the molecule is CCNc1ncnc(N(C)CC2CCCO2)c1OC. The molecule has 2 rings (SSSR count). The van der Waals surface area contributed by atoms with E-state index in [1.807, 2.05) is 14.0 Å². The lowest BCUT2D eigenvalue weighted by atomic mass is 10.2. The summed E-state index contributed by atoms with van der Waals surface area (Å²) < 4.78 is 11.1. The van der Waals surface area contributed by atoms with Gasteiger partial charge < -0.3 is 19.7 Å². The third-order valence-corrected chi connectivity index (χ3v) is 3.20. The largest absolute Gasteiger partial charge is 0.490 e. The van der Waals surface area contributed by atoms with Crippen molar-refractivity contribution in [2.45, 2.75) is 25.9 Å². The maximum atomic E-state index is 5.65. The third-order valence-electron chi connectivity index (χ3n) is 3.20. The van der Waals surface area contributed by atoms with Crippen LogP contribution in [0, 0.1) is 0 Å². The first kappa shape index (κ1) is 13.9. The zero-order valence-electron chi connectivity index (χ0n) is 11.8. The van der Waals surface area contributed by atoms with E-state index < -0.39 is 0 Å². The van der Waals surface area contributed by atoms with Crippen LogP contribution in [-0.4, -0.2) is 49.9 Å². The minimum atomic E-state index is 0.284. The van der Waals surface area contributed by atoms with Crippen LogP contribution in [0.5, 0.6) is 5.75 Å². The molecule has 0 amide bonds. The fourth-order valence-corrected chi connectivity index (χ4v) is 2.30. The lowest BCUT2D eigenvalue weighted by Gasteiger charge is -2.24. The Morgan fingerprint density at radius 3 is 3.00 bits per heavy atom. The van der Waals surface area contributed by atoms with Gasteiger partial charge in [0.15, 0.2) is 11.6 Å². The summed E-state index contributed by atoms with van der Waals surface area (Å²) in [5.41, 5.74) is 0. The molecule has 1 fully saturated rings. The Kier molecular flexibility index (Phi) is 4.79. The van der Waals surface area contributed by atoms with Gasteiger partial charge in [0.2, 0.25) is 5.75 Å². The Bertz CT molecular complexity index is 408. The maximum absolute atomic E-state index is 5.65. The van der Waals surface area contributed by atoms with E-state index >= 15 is 0 Å². The highest BCUT2D eigenvalue weighted by molar-refractivity contribution is 5.64. The summed E-state index contributed by atoms with van der Waals surface area (Å²) in [5.74, 6) is 2.21. The van der Waals surface area contributed by atoms with Crippen molar-refractivity contribution in [3.05, 3.63) is 6.33 Å². The van der Waals surface area contributed by atoms with Crippen molar-refractivity contribution in [1.29, 1.82) is 0 Å². The molecule has 0 spiro atoms. The van der Waals surface area contributed by atoms with Crippen LogP contribution in [-0.2, 0) is 4.74 Å². The summed E-state index contributed by atoms with van der Waals surface area (Å²) >= 11 is 0. The van der Waals surface area contributed by atoms with Crippen LogP contribution >= 0.6 is 0 Å². The van der Waals surface area contributed by atoms with Crippen LogP contribution in [0.25, 0.3) is 0 Å². The average Bonchev–Trinajstić information content (AvgIpc) is 2.91. The van der Waals surface area contributed by atoms with Crippen molar-refractivity contribution in [2.75, 3.05) is 44.1 Å². The van der Waals surface area contributed by atoms with E-state index in [4.69, 9.17) is 9.47 Å². The molecule has 0 bridgehead atoms. The van der Waals surface area contributed by atoms with E-state index in [-0.39, 0.29) is 6.10 Å². The fourth-order valence-electron chi connectivity index (χ4n) is 2.30. The molecule has 1 aliphatic rings. The molecule has 19 heavy (non-hydrogen) atoms. The molecule has 0 aromatic carbocycles. The van der Waals surface area contributed by atoms with Crippen molar-refractivity contribution in [3.63, 3.8) is 0 Å². The zero-order chi connectivity index (χ0) is 13.7. The zero-order valence-corrected chi connectivity index (χ0v) is 11.8. The number of nitrogens with one attached hydrogen (secondary N) is 1. The van der Waals surface area contributed by atoms with Gasteiger partial charge in [-0.1, -0.05) is 0 Å². The number of ether oxygens (including phenoxy) is 2. The van der Waals surface area contributed by atoms with Crippen molar-refractivity contribution in [3.8, 4) is 5.75 Å². The Labute approximate surface area is 114 Å². The van der Waals surface area contributed by atoms with Crippen LogP contribution < -0.4 is 15.0 Å². The highest BCUT2D eigenvalue weighted by atomic mass is 16.5. The van der Waals surface area contributed by atoms with E-state index in [2.05, 4.69) is 20.2 Å². The van der Waals surface area contributed by atoms with Crippen LogP contribution in [0.15, 0.2) is 6.33 Å². The van der Waals surface area contributed by atoms with Crippen LogP contribution in [0.4, 0.5) is 11.6 Å². The summed E-state index contributed by atoms with van der Waals surface area (Å²) in [6, 6.07) is 0. The topological polar surface area (TPSA) is 59.5 Å². The second-order valence-corrected chi connectivity index (χ2v) is 4.63. The van der Waals surface area contributed by atoms with Crippen molar-refractivity contribution in [2.24, 2.45) is 0 Å². The van der Waals surface area contributed by atoms with Gasteiger partial charge in [0.25, 0.3) is 0 Å². The van der Waals surface area contributed by atoms with Crippen molar-refractivity contribution >= 4 is 11.6 Å². The lowest BCUT2D eigenvalue weighted by Crippen LogP contribution is -2.29. The molecule has 1 aromatic rings. The van der Waals surface area contributed by atoms with Gasteiger partial charge in [0, 0.05) is 26.7 Å². The van der Waals surface area contributed by atoms with Gasteiger partial charge in [0.05, 0.1) is 13.2 Å². The molecule has 6 nitrogen and oxygen atoms in total. The molecule has 0 aliphatic carbocycles. The van der Waals surface area contributed by atoms with Gasteiger partial charge in [-0.3, -0.25) is 0 Å². The number of methoxy groups -OCH3 is 1. The monoisotopic (exact) mass is 266 g/mol. The Hall–Kier alpha value is -1.56. The minimum absolute atomic E-state index is 0.284. The molecule has 1 saturated heterocycles. The van der Waals surface area contributed by atoms with E-state index in [9.17, 15) is 0 Å². The van der Waals surface area contributed by atoms with Gasteiger partial charge in [-0.15, -0.1) is 0 Å². The highest BCUT2D eigenvalue weighted by Gasteiger charge is 2.21. The van der Waals surface area contributed by atoms with Gasteiger partial charge >= 0.3 is 0 Å². The molecule has 1 aromatic heterocycles. The predicted molar refractivity (Wildman–Crippen MR) is 75.0 cm³/mol. The predicted octanol–water partition coefficient (Wildman–Crippen LogP) is 1.53. The summed E-state index contributed by atoms with van der Waals surface area (Å²) in [6.45, 7) is 4.50. The maximum Gasteiger partial charge on any atom is 0.204 e. The second kappa shape index (κ2) is 6.56. The van der Waals surface area contributed by atoms with E-state index in [0.717, 1.165) is 44.2 Å². The van der Waals surface area contributed by atoms with Gasteiger partial charge in [-0.05, 0) is 19.8 Å². The normalized spacial score (nSPS) is 18.4. The molecule has 2 heterocycles.